The van der Waals surface area contributed by atoms with Crippen molar-refractivity contribution in [2.24, 2.45) is 5.41 Å². The molecule has 3 fully saturated rings. The van der Waals surface area contributed by atoms with Crippen LogP contribution in [0.4, 0.5) is 20.7 Å². The lowest BCUT2D eigenvalue weighted by Gasteiger charge is -2.55. The number of barbiturate groups is 1. The average Bonchev–Trinajstić information content (AvgIpc) is 3.21. The van der Waals surface area contributed by atoms with Crippen molar-refractivity contribution in [3.63, 3.8) is 0 Å². The highest BCUT2D eigenvalue weighted by Gasteiger charge is 2.63. The number of morpholine rings is 1. The molecule has 0 aliphatic carbocycles. The van der Waals surface area contributed by atoms with Crippen LogP contribution in [0, 0.1) is 11.2 Å². The first kappa shape index (κ1) is 21.3. The molecule has 1 aromatic carbocycles. The number of ether oxygens (including phenoxy) is 1. The number of carbonyl (C=O) groups is 3. The number of hydrogen-bond donors (Lipinski definition) is 2. The Labute approximate surface area is 194 Å². The van der Waals surface area contributed by atoms with Crippen molar-refractivity contribution in [3.05, 3.63) is 17.4 Å². The van der Waals surface area contributed by atoms with Gasteiger partial charge in [-0.15, -0.1) is 0 Å². The van der Waals surface area contributed by atoms with E-state index < -0.39 is 41.2 Å². The van der Waals surface area contributed by atoms with Crippen LogP contribution in [-0.4, -0.2) is 60.9 Å². The van der Waals surface area contributed by atoms with Gasteiger partial charge in [-0.1, -0.05) is 5.16 Å². The number of halogens is 1. The van der Waals surface area contributed by atoms with Gasteiger partial charge in [0.05, 0.1) is 29.3 Å². The second-order valence-corrected chi connectivity index (χ2v) is 9.76. The quantitative estimate of drug-likeness (QED) is 0.606. The van der Waals surface area contributed by atoms with Crippen molar-refractivity contribution >= 4 is 40.3 Å². The van der Waals surface area contributed by atoms with Gasteiger partial charge in [-0.25, -0.2) is 9.18 Å². The van der Waals surface area contributed by atoms with Gasteiger partial charge in [0.15, 0.2) is 17.1 Å². The van der Waals surface area contributed by atoms with E-state index in [-0.39, 0.29) is 24.7 Å². The molecule has 0 bridgehead atoms. The Balaban J connectivity index is 1.56. The highest BCUT2D eigenvalue weighted by molar-refractivity contribution is 6.20. The molecular formula is C23H26FN5O5. The first-order valence-corrected chi connectivity index (χ1v) is 11.8. The minimum absolute atomic E-state index is 0.0635. The van der Waals surface area contributed by atoms with Crippen molar-refractivity contribution < 1.29 is 28.0 Å². The molecule has 0 radical (unpaired) electrons. The van der Waals surface area contributed by atoms with E-state index in [1.54, 1.807) is 17.9 Å². The monoisotopic (exact) mass is 471 g/mol. The van der Waals surface area contributed by atoms with E-state index in [0.717, 1.165) is 32.4 Å². The van der Waals surface area contributed by atoms with E-state index in [1.807, 2.05) is 6.92 Å². The molecule has 3 saturated heterocycles. The van der Waals surface area contributed by atoms with Crippen LogP contribution in [0.2, 0.25) is 0 Å². The van der Waals surface area contributed by atoms with E-state index in [2.05, 4.69) is 20.7 Å². The Morgan fingerprint density at radius 2 is 1.82 bits per heavy atom. The minimum Gasteiger partial charge on any atom is -0.372 e. The molecule has 180 valence electrons. The van der Waals surface area contributed by atoms with Gasteiger partial charge in [0.1, 0.15) is 0 Å². The first-order valence-electron chi connectivity index (χ1n) is 11.8. The summed E-state index contributed by atoms with van der Waals surface area (Å²) in [5, 5.41) is 9.22. The number of nitrogens with one attached hydrogen (secondary N) is 2. The lowest BCUT2D eigenvalue weighted by atomic mass is 9.66. The largest absolute Gasteiger partial charge is 0.372 e. The number of fused-ring (bicyclic) bond motifs is 5. The third-order valence-corrected chi connectivity index (χ3v) is 7.60. The molecule has 4 amide bonds. The maximum absolute atomic E-state index is 16.1. The van der Waals surface area contributed by atoms with Gasteiger partial charge in [-0.05, 0) is 44.7 Å². The van der Waals surface area contributed by atoms with Gasteiger partial charge in [0.2, 0.25) is 17.4 Å². The molecular weight excluding hydrogens is 445 g/mol. The summed E-state index contributed by atoms with van der Waals surface area (Å²) in [4.78, 5) is 42.3. The van der Waals surface area contributed by atoms with E-state index in [4.69, 9.17) is 9.26 Å². The number of benzene rings is 1. The second kappa shape index (κ2) is 7.39. The standard InChI is InChI=1S/C23H26FN5O5/c1-11-10-29-16-13(8-14-17(15(16)24)34-27-19(14)28-6-4-3-5-7-28)9-23(18(29)12(2)33-11)20(30)25-22(32)26-21(23)31/h8,11-12,18H,3-7,9-10H2,1-2H3,(H2,25,26,30,31,32)/t11-,12+,18-/m1/s1. The number of imide groups is 2. The predicted molar refractivity (Wildman–Crippen MR) is 119 cm³/mol. The lowest BCUT2D eigenvalue weighted by Crippen LogP contribution is -2.75. The summed E-state index contributed by atoms with van der Waals surface area (Å²) in [5.74, 6) is -1.39. The normalized spacial score (nSPS) is 28.6. The summed E-state index contributed by atoms with van der Waals surface area (Å²) >= 11 is 0. The SMILES string of the molecule is C[C@@H]1CN2c3c(cc4c(N5CCCCC5)noc4c3F)CC3(C(=O)NC(=O)NC3=O)[C@H]2[C@H](C)O1. The van der Waals surface area contributed by atoms with E-state index in [1.165, 1.54) is 0 Å². The molecule has 2 N–H and O–H groups in total. The summed E-state index contributed by atoms with van der Waals surface area (Å²) in [5.41, 5.74) is -0.788. The molecule has 34 heavy (non-hydrogen) atoms. The molecule has 1 aromatic heterocycles. The lowest BCUT2D eigenvalue weighted by molar-refractivity contribution is -0.153. The van der Waals surface area contributed by atoms with Gasteiger partial charge in [0, 0.05) is 26.1 Å². The Morgan fingerprint density at radius 1 is 1.12 bits per heavy atom. The highest BCUT2D eigenvalue weighted by atomic mass is 19.1. The third-order valence-electron chi connectivity index (χ3n) is 7.60. The average molecular weight is 471 g/mol. The topological polar surface area (TPSA) is 117 Å². The third kappa shape index (κ3) is 2.82. The van der Waals surface area contributed by atoms with Crippen LogP contribution in [-0.2, 0) is 20.7 Å². The zero-order valence-corrected chi connectivity index (χ0v) is 19.0. The zero-order chi connectivity index (χ0) is 23.8. The van der Waals surface area contributed by atoms with Crippen LogP contribution >= 0.6 is 0 Å². The van der Waals surface area contributed by atoms with Crippen molar-refractivity contribution in [3.8, 4) is 0 Å². The fourth-order valence-corrected chi connectivity index (χ4v) is 6.27. The zero-order valence-electron chi connectivity index (χ0n) is 19.0. The van der Waals surface area contributed by atoms with Crippen molar-refractivity contribution in [1.82, 2.24) is 15.8 Å². The maximum atomic E-state index is 16.1. The summed E-state index contributed by atoms with van der Waals surface area (Å²) in [6.45, 7) is 5.50. The fraction of sp³-hybridized carbons (Fsp3) is 0.565. The Morgan fingerprint density at radius 3 is 2.53 bits per heavy atom. The summed E-state index contributed by atoms with van der Waals surface area (Å²) < 4.78 is 27.6. The molecule has 3 atom stereocenters. The van der Waals surface area contributed by atoms with E-state index >= 15 is 4.39 Å². The number of hydrogen-bond acceptors (Lipinski definition) is 8. The highest BCUT2D eigenvalue weighted by Crippen LogP contribution is 2.49. The minimum atomic E-state index is -1.65. The Kier molecular flexibility index (Phi) is 4.64. The number of urea groups is 1. The van der Waals surface area contributed by atoms with Crippen molar-refractivity contribution in [1.29, 1.82) is 0 Å². The first-order chi connectivity index (χ1) is 16.3. The van der Waals surface area contributed by atoms with Gasteiger partial charge < -0.3 is 19.1 Å². The molecule has 1 spiro atoms. The van der Waals surface area contributed by atoms with Crippen LogP contribution in [0.15, 0.2) is 10.6 Å². The number of piperidine rings is 1. The van der Waals surface area contributed by atoms with E-state index in [9.17, 15) is 14.4 Å². The predicted octanol–water partition coefficient (Wildman–Crippen LogP) is 1.85. The summed E-state index contributed by atoms with van der Waals surface area (Å²) in [6.07, 6.45) is 2.26. The number of nitrogens with zero attached hydrogens (tertiary/aromatic N) is 3. The Bertz CT molecular complexity index is 1200. The van der Waals surface area contributed by atoms with Crippen LogP contribution in [0.3, 0.4) is 0 Å². The van der Waals surface area contributed by atoms with Crippen LogP contribution < -0.4 is 20.4 Å². The number of rotatable bonds is 1. The summed E-state index contributed by atoms with van der Waals surface area (Å²) in [6, 6.07) is 0.123. The number of aromatic nitrogens is 1. The second-order valence-electron chi connectivity index (χ2n) is 9.76. The molecule has 4 aliphatic heterocycles. The van der Waals surface area contributed by atoms with Gasteiger partial charge >= 0.3 is 6.03 Å². The number of carbonyl (C=O) groups excluding carboxylic acids is 3. The van der Waals surface area contributed by atoms with Gasteiger partial charge in [-0.2, -0.15) is 0 Å². The molecule has 10 nitrogen and oxygen atoms in total. The smallest absolute Gasteiger partial charge is 0.328 e. The van der Waals surface area contributed by atoms with Gasteiger partial charge in [-0.3, -0.25) is 20.2 Å². The Hall–Kier alpha value is -3.21. The molecule has 6 rings (SSSR count). The van der Waals surface area contributed by atoms with Crippen LogP contribution in [0.5, 0.6) is 0 Å². The maximum Gasteiger partial charge on any atom is 0.328 e. The molecule has 11 heteroatoms. The van der Waals surface area contributed by atoms with Crippen LogP contribution in [0.1, 0.15) is 38.7 Å². The number of anilines is 2. The van der Waals surface area contributed by atoms with Gasteiger partial charge in [0.25, 0.3) is 0 Å². The van der Waals surface area contributed by atoms with E-state index in [0.29, 0.717) is 22.5 Å². The number of amides is 4. The molecule has 0 saturated carbocycles. The molecule has 4 aliphatic rings. The van der Waals surface area contributed by atoms with Crippen molar-refractivity contribution in [2.75, 3.05) is 29.4 Å². The van der Waals surface area contributed by atoms with Crippen LogP contribution in [0.25, 0.3) is 11.0 Å². The van der Waals surface area contributed by atoms with Crippen molar-refractivity contribution in [2.45, 2.75) is 57.8 Å². The molecule has 2 aromatic rings. The summed E-state index contributed by atoms with van der Waals surface area (Å²) in [7, 11) is 0. The molecule has 0 unspecified atom stereocenters. The fourth-order valence-electron chi connectivity index (χ4n) is 6.27. The molecule has 5 heterocycles.